The van der Waals surface area contributed by atoms with Gasteiger partial charge in [-0.1, -0.05) is 12.1 Å². The second-order valence-corrected chi connectivity index (χ2v) is 6.06. The number of carbonyl (C=O) groups excluding carboxylic acids is 1. The average Bonchev–Trinajstić information content (AvgIpc) is 3.09. The third kappa shape index (κ3) is 3.85. The van der Waals surface area contributed by atoms with Gasteiger partial charge in [0.15, 0.2) is 0 Å². The molecule has 1 aromatic heterocycles. The molecule has 0 aliphatic carbocycles. The molecule has 0 spiro atoms. The van der Waals surface area contributed by atoms with E-state index in [1.165, 1.54) is 6.07 Å². The van der Waals surface area contributed by atoms with Crippen molar-refractivity contribution in [2.75, 3.05) is 20.2 Å². The Labute approximate surface area is 141 Å². The molecular formula is C19H22FNO3. The Balaban J connectivity index is 1.54. The fraction of sp³-hybridized carbons (Fsp3) is 0.421. The maximum Gasteiger partial charge on any atom is 0.223 e. The number of rotatable bonds is 5. The van der Waals surface area contributed by atoms with Gasteiger partial charge in [-0.25, -0.2) is 4.39 Å². The van der Waals surface area contributed by atoms with Crippen LogP contribution in [-0.4, -0.2) is 37.1 Å². The van der Waals surface area contributed by atoms with Crippen LogP contribution >= 0.6 is 0 Å². The van der Waals surface area contributed by atoms with Crippen LogP contribution in [0.1, 0.15) is 25.0 Å². The van der Waals surface area contributed by atoms with Crippen molar-refractivity contribution in [1.82, 2.24) is 4.90 Å². The molecule has 0 saturated carbocycles. The first-order valence-electron chi connectivity index (χ1n) is 8.31. The standard InChI is InChI=1S/C19H22FNO3/c1-23-14-10-12-21(13-11-14)19(22)9-7-15-6-8-18(24-15)16-4-2-3-5-17(16)20/h2-6,8,14H,7,9-13H2,1H3. The molecule has 128 valence electrons. The van der Waals surface area contributed by atoms with Crippen molar-refractivity contribution < 1.29 is 18.3 Å². The first-order valence-corrected chi connectivity index (χ1v) is 8.31. The number of aryl methyl sites for hydroxylation is 1. The summed E-state index contributed by atoms with van der Waals surface area (Å²) in [5.74, 6) is 1.02. The largest absolute Gasteiger partial charge is 0.461 e. The van der Waals surface area contributed by atoms with Gasteiger partial charge in [-0.3, -0.25) is 4.79 Å². The molecule has 1 amide bonds. The lowest BCUT2D eigenvalue weighted by Gasteiger charge is -2.31. The van der Waals surface area contributed by atoms with E-state index in [9.17, 15) is 9.18 Å². The summed E-state index contributed by atoms with van der Waals surface area (Å²) in [5, 5.41) is 0. The number of methoxy groups -OCH3 is 1. The molecule has 1 aromatic carbocycles. The van der Waals surface area contributed by atoms with Crippen LogP contribution in [0, 0.1) is 5.82 Å². The van der Waals surface area contributed by atoms with Gasteiger partial charge >= 0.3 is 0 Å². The Morgan fingerprint density at radius 2 is 2.00 bits per heavy atom. The van der Waals surface area contributed by atoms with Crippen LogP contribution in [0.5, 0.6) is 0 Å². The highest BCUT2D eigenvalue weighted by Gasteiger charge is 2.22. The smallest absolute Gasteiger partial charge is 0.223 e. The summed E-state index contributed by atoms with van der Waals surface area (Å²) in [4.78, 5) is 14.2. The molecule has 0 N–H and O–H groups in total. The van der Waals surface area contributed by atoms with Crippen LogP contribution < -0.4 is 0 Å². The molecule has 0 bridgehead atoms. The third-order valence-corrected chi connectivity index (χ3v) is 4.51. The maximum absolute atomic E-state index is 13.8. The maximum atomic E-state index is 13.8. The summed E-state index contributed by atoms with van der Waals surface area (Å²) in [6.45, 7) is 1.49. The van der Waals surface area contributed by atoms with Crippen molar-refractivity contribution in [2.24, 2.45) is 0 Å². The number of benzene rings is 1. The summed E-state index contributed by atoms with van der Waals surface area (Å²) < 4.78 is 24.8. The van der Waals surface area contributed by atoms with Crippen LogP contribution in [0.2, 0.25) is 0 Å². The number of nitrogens with zero attached hydrogens (tertiary/aromatic N) is 1. The predicted octanol–water partition coefficient (Wildman–Crippen LogP) is 3.66. The van der Waals surface area contributed by atoms with E-state index in [0.717, 1.165) is 25.9 Å². The molecular weight excluding hydrogens is 309 g/mol. The minimum Gasteiger partial charge on any atom is -0.461 e. The molecule has 24 heavy (non-hydrogen) atoms. The van der Waals surface area contributed by atoms with Crippen molar-refractivity contribution in [3.05, 3.63) is 48.0 Å². The number of carbonyl (C=O) groups is 1. The van der Waals surface area contributed by atoms with E-state index in [4.69, 9.17) is 9.15 Å². The lowest BCUT2D eigenvalue weighted by atomic mass is 10.1. The van der Waals surface area contributed by atoms with Gasteiger partial charge in [-0.05, 0) is 37.1 Å². The lowest BCUT2D eigenvalue weighted by Crippen LogP contribution is -2.40. The second-order valence-electron chi connectivity index (χ2n) is 6.06. The first-order chi connectivity index (χ1) is 11.7. The topological polar surface area (TPSA) is 42.7 Å². The SMILES string of the molecule is COC1CCN(C(=O)CCc2ccc(-c3ccccc3F)o2)CC1. The van der Waals surface area contributed by atoms with Crippen LogP contribution in [0.25, 0.3) is 11.3 Å². The number of hydrogen-bond donors (Lipinski definition) is 0. The fourth-order valence-corrected chi connectivity index (χ4v) is 3.05. The van der Waals surface area contributed by atoms with Crippen molar-refractivity contribution in [2.45, 2.75) is 31.8 Å². The Bertz CT molecular complexity index is 689. The van der Waals surface area contributed by atoms with E-state index in [1.807, 2.05) is 11.0 Å². The van der Waals surface area contributed by atoms with E-state index in [0.29, 0.717) is 29.9 Å². The number of furan rings is 1. The van der Waals surface area contributed by atoms with Gasteiger partial charge in [-0.15, -0.1) is 0 Å². The molecule has 2 heterocycles. The zero-order chi connectivity index (χ0) is 16.9. The molecule has 2 aromatic rings. The average molecular weight is 331 g/mol. The Hall–Kier alpha value is -2.14. The molecule has 0 atom stereocenters. The minimum atomic E-state index is -0.310. The second kappa shape index (κ2) is 7.62. The van der Waals surface area contributed by atoms with Gasteiger partial charge in [0.05, 0.1) is 11.7 Å². The van der Waals surface area contributed by atoms with E-state index in [2.05, 4.69) is 0 Å². The van der Waals surface area contributed by atoms with Gasteiger partial charge in [0, 0.05) is 33.0 Å². The summed E-state index contributed by atoms with van der Waals surface area (Å²) >= 11 is 0. The molecule has 3 rings (SSSR count). The van der Waals surface area contributed by atoms with Gasteiger partial charge in [0.2, 0.25) is 5.91 Å². The Kier molecular flexibility index (Phi) is 5.30. The van der Waals surface area contributed by atoms with Gasteiger partial charge < -0.3 is 14.1 Å². The first kappa shape index (κ1) is 16.7. The van der Waals surface area contributed by atoms with Gasteiger partial charge in [-0.2, -0.15) is 0 Å². The quantitative estimate of drug-likeness (QED) is 0.840. The highest BCUT2D eigenvalue weighted by molar-refractivity contribution is 5.76. The van der Waals surface area contributed by atoms with Crippen LogP contribution in [-0.2, 0) is 16.0 Å². The van der Waals surface area contributed by atoms with Crippen LogP contribution in [0.15, 0.2) is 40.8 Å². The molecule has 1 fully saturated rings. The number of amides is 1. The summed E-state index contributed by atoms with van der Waals surface area (Å²) in [6.07, 6.45) is 2.97. The van der Waals surface area contributed by atoms with Crippen molar-refractivity contribution in [3.8, 4) is 11.3 Å². The fourth-order valence-electron chi connectivity index (χ4n) is 3.05. The molecule has 1 saturated heterocycles. The number of piperidine rings is 1. The van der Waals surface area contributed by atoms with Crippen molar-refractivity contribution >= 4 is 5.91 Å². The molecule has 0 radical (unpaired) electrons. The number of ether oxygens (including phenoxy) is 1. The lowest BCUT2D eigenvalue weighted by molar-refractivity contribution is -0.133. The number of likely N-dealkylation sites (tertiary alicyclic amines) is 1. The molecule has 5 heteroatoms. The molecule has 1 aliphatic rings. The van der Waals surface area contributed by atoms with E-state index < -0.39 is 0 Å². The molecule has 1 aliphatic heterocycles. The monoisotopic (exact) mass is 331 g/mol. The van der Waals surface area contributed by atoms with E-state index in [1.54, 1.807) is 31.4 Å². The number of hydrogen-bond acceptors (Lipinski definition) is 3. The summed E-state index contributed by atoms with van der Waals surface area (Å²) in [6, 6.07) is 10.1. The van der Waals surface area contributed by atoms with Crippen molar-refractivity contribution in [1.29, 1.82) is 0 Å². The third-order valence-electron chi connectivity index (χ3n) is 4.51. The normalized spacial score (nSPS) is 15.7. The minimum absolute atomic E-state index is 0.133. The van der Waals surface area contributed by atoms with E-state index >= 15 is 0 Å². The molecule has 0 unspecified atom stereocenters. The number of halogens is 1. The Morgan fingerprint density at radius 3 is 2.71 bits per heavy atom. The van der Waals surface area contributed by atoms with Crippen LogP contribution in [0.3, 0.4) is 0 Å². The van der Waals surface area contributed by atoms with Gasteiger partial charge in [0.25, 0.3) is 0 Å². The summed E-state index contributed by atoms with van der Waals surface area (Å²) in [5.41, 5.74) is 0.441. The van der Waals surface area contributed by atoms with E-state index in [-0.39, 0.29) is 17.8 Å². The highest BCUT2D eigenvalue weighted by atomic mass is 19.1. The summed E-state index contributed by atoms with van der Waals surface area (Å²) in [7, 11) is 1.71. The molecule has 4 nitrogen and oxygen atoms in total. The predicted molar refractivity (Wildman–Crippen MR) is 89.0 cm³/mol. The zero-order valence-corrected chi connectivity index (χ0v) is 13.8. The highest BCUT2D eigenvalue weighted by Crippen LogP contribution is 2.25. The zero-order valence-electron chi connectivity index (χ0n) is 13.8. The van der Waals surface area contributed by atoms with Crippen molar-refractivity contribution in [3.63, 3.8) is 0 Å². The van der Waals surface area contributed by atoms with Gasteiger partial charge in [0.1, 0.15) is 17.3 Å². The Morgan fingerprint density at radius 1 is 1.25 bits per heavy atom. The van der Waals surface area contributed by atoms with Crippen LogP contribution in [0.4, 0.5) is 4.39 Å².